The van der Waals surface area contributed by atoms with Crippen LogP contribution in [0.2, 0.25) is 0 Å². The van der Waals surface area contributed by atoms with Gasteiger partial charge in [0.05, 0.1) is 0 Å². The molecule has 3 rings (SSSR count). The van der Waals surface area contributed by atoms with Gasteiger partial charge in [0.1, 0.15) is 10.0 Å². The van der Waals surface area contributed by atoms with E-state index in [1.807, 2.05) is 0 Å². The van der Waals surface area contributed by atoms with Crippen molar-refractivity contribution in [3.63, 3.8) is 0 Å². The van der Waals surface area contributed by atoms with E-state index in [1.54, 1.807) is 28.5 Å². The normalized spacial score (nSPS) is 18.6. The van der Waals surface area contributed by atoms with Gasteiger partial charge in [0.15, 0.2) is 0 Å². The van der Waals surface area contributed by atoms with Gasteiger partial charge >= 0.3 is 0 Å². The second kappa shape index (κ2) is 6.38. The van der Waals surface area contributed by atoms with Gasteiger partial charge in [-0.25, -0.2) is 17.5 Å². The Hall–Kier alpha value is -1.77. The molecule has 1 aliphatic rings. The van der Waals surface area contributed by atoms with Crippen molar-refractivity contribution in [2.24, 2.45) is 5.92 Å². The lowest BCUT2D eigenvalue weighted by molar-refractivity contribution is -0.117. The zero-order valence-electron chi connectivity index (χ0n) is 12.1. The average molecular weight is 354 g/mol. The molecular formula is C15H15FN2O3S2. The highest BCUT2D eigenvalue weighted by Gasteiger charge is 2.31. The molecule has 1 aromatic heterocycles. The first-order chi connectivity index (χ1) is 11.0. The number of rotatable bonds is 5. The van der Waals surface area contributed by atoms with Crippen LogP contribution in [-0.2, 0) is 14.8 Å². The van der Waals surface area contributed by atoms with Gasteiger partial charge in [0, 0.05) is 25.2 Å². The molecule has 1 amide bonds. The zero-order chi connectivity index (χ0) is 16.4. The molecule has 1 fully saturated rings. The van der Waals surface area contributed by atoms with Crippen molar-refractivity contribution >= 4 is 33.0 Å². The molecule has 1 atom stereocenters. The average Bonchev–Trinajstić information content (AvgIpc) is 3.16. The van der Waals surface area contributed by atoms with Gasteiger partial charge in [-0.3, -0.25) is 4.79 Å². The number of nitrogens with zero attached hydrogens (tertiary/aromatic N) is 1. The van der Waals surface area contributed by atoms with Gasteiger partial charge in [0.25, 0.3) is 0 Å². The van der Waals surface area contributed by atoms with Crippen LogP contribution in [0.25, 0.3) is 0 Å². The molecule has 0 aliphatic carbocycles. The zero-order valence-corrected chi connectivity index (χ0v) is 13.7. The fourth-order valence-electron chi connectivity index (χ4n) is 2.50. The van der Waals surface area contributed by atoms with Crippen LogP contribution in [0.5, 0.6) is 0 Å². The van der Waals surface area contributed by atoms with E-state index in [0.29, 0.717) is 12.2 Å². The Morgan fingerprint density at radius 2 is 2.00 bits per heavy atom. The largest absolute Gasteiger partial charge is 0.312 e. The number of carbonyl (C=O) groups is 1. The number of amides is 1. The number of carbonyl (C=O) groups excluding carboxylic acids is 1. The minimum Gasteiger partial charge on any atom is -0.312 e. The highest BCUT2D eigenvalue weighted by molar-refractivity contribution is 7.91. The second-order valence-corrected chi connectivity index (χ2v) is 8.28. The summed E-state index contributed by atoms with van der Waals surface area (Å²) >= 11 is 1.15. The molecule has 1 N–H and O–H groups in total. The Morgan fingerprint density at radius 1 is 1.26 bits per heavy atom. The SMILES string of the molecule is O=C1CC(CNS(=O)(=O)c2cccs2)CN1c1ccc(F)cc1. The lowest BCUT2D eigenvalue weighted by atomic mass is 10.1. The van der Waals surface area contributed by atoms with Crippen LogP contribution in [0.1, 0.15) is 6.42 Å². The number of hydrogen-bond acceptors (Lipinski definition) is 4. The van der Waals surface area contributed by atoms with Crippen LogP contribution in [0.15, 0.2) is 46.0 Å². The maximum absolute atomic E-state index is 13.0. The maximum atomic E-state index is 13.0. The fourth-order valence-corrected chi connectivity index (χ4v) is 4.66. The Balaban J connectivity index is 1.63. The molecule has 1 aromatic carbocycles. The summed E-state index contributed by atoms with van der Waals surface area (Å²) in [6.07, 6.45) is 0.268. The quantitative estimate of drug-likeness (QED) is 0.895. The molecule has 1 unspecified atom stereocenters. The first kappa shape index (κ1) is 16.1. The molecule has 2 heterocycles. The molecule has 0 radical (unpaired) electrons. The molecule has 23 heavy (non-hydrogen) atoms. The lowest BCUT2D eigenvalue weighted by Gasteiger charge is -2.17. The third kappa shape index (κ3) is 3.60. The standard InChI is InChI=1S/C15H15FN2O3S2/c16-12-3-5-13(6-4-12)18-10-11(8-14(18)19)9-17-23(20,21)15-2-1-7-22-15/h1-7,11,17H,8-10H2. The number of thiophene rings is 1. The predicted molar refractivity (Wildman–Crippen MR) is 86.4 cm³/mol. The summed E-state index contributed by atoms with van der Waals surface area (Å²) in [4.78, 5) is 13.6. The Labute approximate surface area is 137 Å². The van der Waals surface area contributed by atoms with Crippen molar-refractivity contribution in [1.29, 1.82) is 0 Å². The summed E-state index contributed by atoms with van der Waals surface area (Å²) in [6, 6.07) is 8.91. The number of sulfonamides is 1. The summed E-state index contributed by atoms with van der Waals surface area (Å²) in [5, 5.41) is 1.70. The number of benzene rings is 1. The number of hydrogen-bond donors (Lipinski definition) is 1. The van der Waals surface area contributed by atoms with E-state index < -0.39 is 10.0 Å². The summed E-state index contributed by atoms with van der Waals surface area (Å²) in [6.45, 7) is 0.612. The van der Waals surface area contributed by atoms with Crippen molar-refractivity contribution in [3.05, 3.63) is 47.6 Å². The van der Waals surface area contributed by atoms with Crippen LogP contribution in [0.4, 0.5) is 10.1 Å². The van der Waals surface area contributed by atoms with Crippen LogP contribution in [0.3, 0.4) is 0 Å². The molecule has 0 bridgehead atoms. The Kier molecular flexibility index (Phi) is 4.47. The van der Waals surface area contributed by atoms with Gasteiger partial charge in [-0.15, -0.1) is 11.3 Å². The van der Waals surface area contributed by atoms with E-state index in [2.05, 4.69) is 4.72 Å². The third-order valence-electron chi connectivity index (χ3n) is 3.67. The monoisotopic (exact) mass is 354 g/mol. The van der Waals surface area contributed by atoms with Crippen molar-refractivity contribution in [2.75, 3.05) is 18.0 Å². The van der Waals surface area contributed by atoms with Crippen molar-refractivity contribution in [1.82, 2.24) is 4.72 Å². The van der Waals surface area contributed by atoms with Gasteiger partial charge in [-0.05, 0) is 41.6 Å². The van der Waals surface area contributed by atoms with E-state index >= 15 is 0 Å². The third-order valence-corrected chi connectivity index (χ3v) is 6.49. The van der Waals surface area contributed by atoms with Crippen LogP contribution in [-0.4, -0.2) is 27.4 Å². The minimum absolute atomic E-state index is 0.0862. The lowest BCUT2D eigenvalue weighted by Crippen LogP contribution is -2.31. The number of halogens is 1. The van der Waals surface area contributed by atoms with Crippen LogP contribution < -0.4 is 9.62 Å². The molecule has 1 aliphatic heterocycles. The fraction of sp³-hybridized carbons (Fsp3) is 0.267. The van der Waals surface area contributed by atoms with E-state index in [1.165, 1.54) is 18.2 Å². The van der Waals surface area contributed by atoms with Gasteiger partial charge in [-0.1, -0.05) is 6.07 Å². The van der Waals surface area contributed by atoms with E-state index in [9.17, 15) is 17.6 Å². The summed E-state index contributed by atoms with van der Waals surface area (Å²) in [5.74, 6) is -0.556. The summed E-state index contributed by atoms with van der Waals surface area (Å²) in [7, 11) is -3.52. The second-order valence-electron chi connectivity index (χ2n) is 5.33. The van der Waals surface area contributed by atoms with E-state index in [0.717, 1.165) is 11.3 Å². The molecule has 122 valence electrons. The Bertz CT molecular complexity index is 789. The predicted octanol–water partition coefficient (Wildman–Crippen LogP) is 2.22. The minimum atomic E-state index is -3.52. The van der Waals surface area contributed by atoms with Gasteiger partial charge < -0.3 is 4.90 Å². The molecule has 1 saturated heterocycles. The molecule has 0 saturated carbocycles. The van der Waals surface area contributed by atoms with Gasteiger partial charge in [0.2, 0.25) is 15.9 Å². The van der Waals surface area contributed by atoms with Crippen LogP contribution >= 0.6 is 11.3 Å². The van der Waals surface area contributed by atoms with Crippen molar-refractivity contribution < 1.29 is 17.6 Å². The smallest absolute Gasteiger partial charge is 0.250 e. The first-order valence-corrected chi connectivity index (χ1v) is 9.41. The highest BCUT2D eigenvalue weighted by atomic mass is 32.2. The van der Waals surface area contributed by atoms with Crippen molar-refractivity contribution in [2.45, 2.75) is 10.6 Å². The van der Waals surface area contributed by atoms with Crippen LogP contribution in [0, 0.1) is 11.7 Å². The maximum Gasteiger partial charge on any atom is 0.250 e. The molecule has 0 spiro atoms. The first-order valence-electron chi connectivity index (χ1n) is 7.05. The molecule has 5 nitrogen and oxygen atoms in total. The molecular weight excluding hydrogens is 339 g/mol. The summed E-state index contributed by atoms with van der Waals surface area (Å²) in [5.41, 5.74) is 0.625. The Morgan fingerprint density at radius 3 is 2.65 bits per heavy atom. The summed E-state index contributed by atoms with van der Waals surface area (Å²) < 4.78 is 39.9. The molecule has 8 heteroatoms. The van der Waals surface area contributed by atoms with Gasteiger partial charge in [-0.2, -0.15) is 0 Å². The number of anilines is 1. The van der Waals surface area contributed by atoms with E-state index in [-0.39, 0.29) is 34.8 Å². The molecule has 2 aromatic rings. The van der Waals surface area contributed by atoms with Crippen molar-refractivity contribution in [3.8, 4) is 0 Å². The van der Waals surface area contributed by atoms with E-state index in [4.69, 9.17) is 0 Å². The number of nitrogens with one attached hydrogen (secondary N) is 1. The topological polar surface area (TPSA) is 66.5 Å². The highest BCUT2D eigenvalue weighted by Crippen LogP contribution is 2.25.